The number of unbranched alkanes of at least 4 members (excludes halogenated alkanes) is 1. The number of ether oxygens (including phenoxy) is 1. The smallest absolute Gasteiger partial charge is 0.329 e. The van der Waals surface area contributed by atoms with E-state index in [0.29, 0.717) is 13.1 Å². The van der Waals surface area contributed by atoms with Gasteiger partial charge in [-0.3, -0.25) is 4.90 Å². The average Bonchev–Trinajstić information content (AvgIpc) is 2.78. The fourth-order valence-electron chi connectivity index (χ4n) is 3.23. The fourth-order valence-corrected chi connectivity index (χ4v) is 3.23. The molecule has 0 aliphatic rings. The maximum Gasteiger partial charge on any atom is 0.329 e. The summed E-state index contributed by atoms with van der Waals surface area (Å²) < 4.78 is 5.39. The summed E-state index contributed by atoms with van der Waals surface area (Å²) in [6.07, 6.45) is 1.99. The molecule has 0 atom stereocenters. The first-order valence-electron chi connectivity index (χ1n) is 10.0. The summed E-state index contributed by atoms with van der Waals surface area (Å²) >= 11 is 0. The van der Waals surface area contributed by atoms with Gasteiger partial charge < -0.3 is 9.64 Å². The first-order chi connectivity index (χ1) is 14.2. The zero-order valence-corrected chi connectivity index (χ0v) is 17.1. The van der Waals surface area contributed by atoms with Crippen molar-refractivity contribution in [3.63, 3.8) is 0 Å². The van der Waals surface area contributed by atoms with Gasteiger partial charge in [0.05, 0.1) is 18.5 Å². The molecule has 0 aliphatic heterocycles. The van der Waals surface area contributed by atoms with Crippen LogP contribution in [0.25, 0.3) is 0 Å². The number of benzene rings is 3. The number of carbonyl (C=O) groups is 1. The molecule has 4 heteroatoms. The van der Waals surface area contributed by atoms with E-state index in [4.69, 9.17) is 4.74 Å². The summed E-state index contributed by atoms with van der Waals surface area (Å²) in [5, 5.41) is 0. The van der Waals surface area contributed by atoms with Crippen LogP contribution in [0.3, 0.4) is 0 Å². The van der Waals surface area contributed by atoms with Crippen LogP contribution in [-0.2, 0) is 6.54 Å². The van der Waals surface area contributed by atoms with E-state index in [9.17, 15) is 4.79 Å². The molecule has 0 radical (unpaired) electrons. The molecule has 3 aromatic carbocycles. The van der Waals surface area contributed by atoms with Crippen molar-refractivity contribution in [3.8, 4) is 5.75 Å². The van der Waals surface area contributed by atoms with Crippen LogP contribution in [0, 0.1) is 0 Å². The molecule has 3 rings (SSSR count). The van der Waals surface area contributed by atoms with E-state index >= 15 is 0 Å². The van der Waals surface area contributed by atoms with Gasteiger partial charge >= 0.3 is 6.03 Å². The van der Waals surface area contributed by atoms with Crippen LogP contribution in [-0.4, -0.2) is 24.6 Å². The van der Waals surface area contributed by atoms with Gasteiger partial charge in [0.1, 0.15) is 5.75 Å². The third-order valence-electron chi connectivity index (χ3n) is 4.79. The Morgan fingerprint density at radius 2 is 1.52 bits per heavy atom. The van der Waals surface area contributed by atoms with Crippen LogP contribution in [0.4, 0.5) is 16.2 Å². The van der Waals surface area contributed by atoms with Gasteiger partial charge in [0.15, 0.2) is 0 Å². The number of rotatable bonds is 8. The van der Waals surface area contributed by atoms with E-state index < -0.39 is 0 Å². The van der Waals surface area contributed by atoms with Crippen molar-refractivity contribution < 1.29 is 9.53 Å². The van der Waals surface area contributed by atoms with E-state index in [0.717, 1.165) is 35.5 Å². The van der Waals surface area contributed by atoms with E-state index in [-0.39, 0.29) is 6.03 Å². The molecule has 0 unspecified atom stereocenters. The topological polar surface area (TPSA) is 32.8 Å². The maximum atomic E-state index is 13.8. The largest absolute Gasteiger partial charge is 0.497 e. The van der Waals surface area contributed by atoms with Crippen molar-refractivity contribution in [2.75, 3.05) is 18.6 Å². The van der Waals surface area contributed by atoms with Gasteiger partial charge in [-0.25, -0.2) is 4.79 Å². The van der Waals surface area contributed by atoms with Gasteiger partial charge in [-0.15, -0.1) is 0 Å². The van der Waals surface area contributed by atoms with Gasteiger partial charge in [-0.2, -0.15) is 0 Å². The van der Waals surface area contributed by atoms with Crippen molar-refractivity contribution in [1.29, 1.82) is 0 Å². The second-order valence-electron chi connectivity index (χ2n) is 6.92. The number of amides is 2. The van der Waals surface area contributed by atoms with E-state index in [1.54, 1.807) is 12.0 Å². The molecule has 0 aliphatic carbocycles. The third kappa shape index (κ3) is 5.38. The molecule has 0 saturated carbocycles. The molecule has 4 nitrogen and oxygen atoms in total. The summed E-state index contributed by atoms with van der Waals surface area (Å²) in [6.45, 7) is 3.42. The molecule has 0 bridgehead atoms. The lowest BCUT2D eigenvalue weighted by Crippen LogP contribution is -2.41. The summed E-state index contributed by atoms with van der Waals surface area (Å²) in [5.74, 6) is 0.722. The first-order valence-corrected chi connectivity index (χ1v) is 10.0. The number of carbonyl (C=O) groups excluding carboxylic acids is 1. The first kappa shape index (κ1) is 20.5. The van der Waals surface area contributed by atoms with Crippen molar-refractivity contribution in [2.24, 2.45) is 0 Å². The van der Waals surface area contributed by atoms with Gasteiger partial charge in [0.2, 0.25) is 0 Å². The van der Waals surface area contributed by atoms with Crippen molar-refractivity contribution in [3.05, 3.63) is 90.5 Å². The van der Waals surface area contributed by atoms with Gasteiger partial charge in [0.25, 0.3) is 0 Å². The summed E-state index contributed by atoms with van der Waals surface area (Å²) in [7, 11) is 1.64. The zero-order chi connectivity index (χ0) is 20.5. The number of hydrogen-bond acceptors (Lipinski definition) is 2. The third-order valence-corrected chi connectivity index (χ3v) is 4.79. The van der Waals surface area contributed by atoms with Crippen LogP contribution in [0.2, 0.25) is 0 Å². The highest BCUT2D eigenvalue weighted by molar-refractivity contribution is 5.99. The molecule has 3 aromatic rings. The highest BCUT2D eigenvalue weighted by Crippen LogP contribution is 2.30. The molecular weight excluding hydrogens is 360 g/mol. The number of urea groups is 1. The fraction of sp³-hybridized carbons (Fsp3) is 0.240. The van der Waals surface area contributed by atoms with Gasteiger partial charge in [-0.1, -0.05) is 67.9 Å². The van der Waals surface area contributed by atoms with Crippen LogP contribution in [0.15, 0.2) is 84.9 Å². The summed E-state index contributed by atoms with van der Waals surface area (Å²) in [6, 6.07) is 27.5. The highest BCUT2D eigenvalue weighted by Gasteiger charge is 2.24. The quantitative estimate of drug-likeness (QED) is 0.456. The minimum atomic E-state index is -0.0400. The second kappa shape index (κ2) is 10.3. The molecule has 0 saturated heterocycles. The van der Waals surface area contributed by atoms with Crippen LogP contribution < -0.4 is 9.64 Å². The zero-order valence-electron chi connectivity index (χ0n) is 17.1. The lowest BCUT2D eigenvalue weighted by molar-refractivity contribution is 0.203. The molecule has 2 amide bonds. The SMILES string of the molecule is CCCCN(Cc1ccccc1)C(=O)N(c1ccccc1)c1cccc(OC)c1. The average molecular weight is 389 g/mol. The minimum absolute atomic E-state index is 0.0400. The Hall–Kier alpha value is -3.27. The second-order valence-corrected chi connectivity index (χ2v) is 6.92. The Morgan fingerprint density at radius 1 is 0.862 bits per heavy atom. The number of hydrogen-bond donors (Lipinski definition) is 0. The molecule has 29 heavy (non-hydrogen) atoms. The molecule has 0 spiro atoms. The normalized spacial score (nSPS) is 10.4. The molecule has 0 N–H and O–H groups in total. The number of anilines is 2. The molecule has 0 heterocycles. The standard InChI is InChI=1S/C25H28N2O2/c1-3-4-18-26(20-21-12-7-5-8-13-21)25(28)27(22-14-9-6-10-15-22)23-16-11-17-24(19-23)29-2/h5-17,19H,3-4,18,20H2,1-2H3. The van der Waals surface area contributed by atoms with E-state index in [1.807, 2.05) is 77.7 Å². The number of methoxy groups -OCH3 is 1. The number of nitrogens with zero attached hydrogens (tertiary/aromatic N) is 2. The maximum absolute atomic E-state index is 13.8. The van der Waals surface area contributed by atoms with Crippen molar-refractivity contribution in [2.45, 2.75) is 26.3 Å². The monoisotopic (exact) mass is 388 g/mol. The van der Waals surface area contributed by atoms with Crippen molar-refractivity contribution >= 4 is 17.4 Å². The Kier molecular flexibility index (Phi) is 7.28. The summed E-state index contributed by atoms with van der Waals surface area (Å²) in [5.41, 5.74) is 2.74. The molecular formula is C25H28N2O2. The Morgan fingerprint density at radius 3 is 2.17 bits per heavy atom. The molecule has 150 valence electrons. The highest BCUT2D eigenvalue weighted by atomic mass is 16.5. The lowest BCUT2D eigenvalue weighted by atomic mass is 10.2. The van der Waals surface area contributed by atoms with Crippen LogP contribution >= 0.6 is 0 Å². The Balaban J connectivity index is 1.98. The predicted octanol–water partition coefficient (Wildman–Crippen LogP) is 6.26. The van der Waals surface area contributed by atoms with E-state index in [2.05, 4.69) is 19.1 Å². The van der Waals surface area contributed by atoms with Crippen molar-refractivity contribution in [1.82, 2.24) is 4.90 Å². The van der Waals surface area contributed by atoms with Crippen LogP contribution in [0.1, 0.15) is 25.3 Å². The van der Waals surface area contributed by atoms with Gasteiger partial charge in [0, 0.05) is 19.2 Å². The Labute approximate surface area is 173 Å². The van der Waals surface area contributed by atoms with Crippen LogP contribution in [0.5, 0.6) is 5.75 Å². The number of para-hydroxylation sites is 1. The lowest BCUT2D eigenvalue weighted by Gasteiger charge is -2.31. The molecule has 0 fully saturated rings. The van der Waals surface area contributed by atoms with E-state index in [1.165, 1.54) is 0 Å². The van der Waals surface area contributed by atoms with Gasteiger partial charge in [-0.05, 0) is 36.2 Å². The minimum Gasteiger partial charge on any atom is -0.497 e. The predicted molar refractivity (Wildman–Crippen MR) is 119 cm³/mol. The Bertz CT molecular complexity index is 897. The molecule has 0 aromatic heterocycles. The summed E-state index contributed by atoms with van der Waals surface area (Å²) in [4.78, 5) is 17.5.